The predicted octanol–water partition coefficient (Wildman–Crippen LogP) is 0.536. The molecule has 0 heterocycles. The fourth-order valence-electron chi connectivity index (χ4n) is 0. The maximum atomic E-state index is 8.24. The lowest BCUT2D eigenvalue weighted by atomic mass is 11.7. The topological polar surface area (TPSA) is 152 Å². The number of isocyanates is 2. The van der Waals surface area contributed by atoms with Gasteiger partial charge in [-0.2, -0.15) is 0 Å². The number of carbonyl (C=O) groups excluding carboxylic acids is 2. The van der Waals surface area contributed by atoms with Crippen molar-refractivity contribution in [3.8, 4) is 0 Å². The monoisotopic (exact) mass is 120 g/mol. The summed E-state index contributed by atoms with van der Waals surface area (Å²) in [6.45, 7) is 0. The number of rotatable bonds is 0. The maximum Gasteiger partial charge on any atom is -0.0159 e. The van der Waals surface area contributed by atoms with Crippen molar-refractivity contribution < 1.29 is 9.59 Å². The summed E-state index contributed by atoms with van der Waals surface area (Å²) < 4.78 is 0. The maximum absolute atomic E-state index is 8.24. The molecule has 0 aliphatic rings. The fraction of sp³-hybridized carbons (Fsp3) is 0. The largest absolute Gasteiger partial charge is 0.724 e. The van der Waals surface area contributed by atoms with Gasteiger partial charge in [0.25, 0.3) is 0 Å². The first kappa shape index (κ1) is 30.0. The van der Waals surface area contributed by atoms with Crippen LogP contribution >= 0.6 is 0 Å². The minimum absolute atomic E-state index is 0. The van der Waals surface area contributed by atoms with Crippen LogP contribution in [0, 0.1) is 0 Å². The molecule has 6 nitrogen and oxygen atoms in total. The van der Waals surface area contributed by atoms with Crippen molar-refractivity contribution in [1.82, 2.24) is 12.3 Å². The van der Waals surface area contributed by atoms with E-state index in [1.807, 2.05) is 0 Å². The van der Waals surface area contributed by atoms with Gasteiger partial charge in [0.15, 0.2) is 0 Å². The highest BCUT2D eigenvalue weighted by atomic mass is 16.1. The standard InChI is InChI=1S/2CNO.2H3N/c2*2-1-3;;/h;;2*1H3/q2*-1;;/p+2. The van der Waals surface area contributed by atoms with Gasteiger partial charge < -0.3 is 23.1 Å². The van der Waals surface area contributed by atoms with Crippen LogP contribution in [0.5, 0.6) is 0 Å². The molecule has 0 aliphatic carbocycles. The van der Waals surface area contributed by atoms with Crippen LogP contribution in [0.15, 0.2) is 0 Å². The molecule has 0 aromatic rings. The molecule has 0 saturated heterocycles. The summed E-state index contributed by atoms with van der Waals surface area (Å²) in [6, 6.07) is 0. The number of hydrogen-bond acceptors (Lipinski definition) is 2. The Kier molecular flexibility index (Phi) is 1010. The van der Waals surface area contributed by atoms with Crippen molar-refractivity contribution in [2.45, 2.75) is 0 Å². The second-order valence-corrected chi connectivity index (χ2v) is 0.183. The Hall–Kier alpha value is -1.32. The molecule has 0 amide bonds. The van der Waals surface area contributed by atoms with Gasteiger partial charge in [0.2, 0.25) is 0 Å². The Balaban J connectivity index is -0.0000000160. The molecule has 8 heavy (non-hydrogen) atoms. The molecule has 0 aromatic carbocycles. The molecule has 0 unspecified atom stereocenters. The second kappa shape index (κ2) is 269. The van der Waals surface area contributed by atoms with Gasteiger partial charge in [0.05, 0.1) is 0 Å². The van der Waals surface area contributed by atoms with Crippen molar-refractivity contribution in [3.05, 3.63) is 10.8 Å². The van der Waals surface area contributed by atoms with Gasteiger partial charge in [-0.05, 0) is 12.2 Å². The van der Waals surface area contributed by atoms with E-state index in [4.69, 9.17) is 20.4 Å². The summed E-state index contributed by atoms with van der Waals surface area (Å²) >= 11 is 0. The fourth-order valence-corrected chi connectivity index (χ4v) is 0. The van der Waals surface area contributed by atoms with Crippen LogP contribution in [0.4, 0.5) is 0 Å². The first-order valence-corrected chi connectivity index (χ1v) is 0.855. The summed E-state index contributed by atoms with van der Waals surface area (Å²) in [5, 5.41) is 13.5. The molecule has 0 saturated carbocycles. The predicted molar refractivity (Wildman–Crippen MR) is 30.1 cm³/mol. The summed E-state index contributed by atoms with van der Waals surface area (Å²) in [7, 11) is 0. The Bertz CT molecular complexity index is 66.0. The minimum Gasteiger partial charge on any atom is -0.724 e. The molecule has 0 fully saturated rings. The SMILES string of the molecule is [N-]=C=O.[N-]=C=O.[NH4+].[NH4+]. The highest BCUT2D eigenvalue weighted by molar-refractivity contribution is 5.37. The van der Waals surface area contributed by atoms with E-state index in [0.717, 1.165) is 0 Å². The van der Waals surface area contributed by atoms with E-state index in [1.165, 1.54) is 0 Å². The zero-order valence-corrected chi connectivity index (χ0v) is 4.71. The van der Waals surface area contributed by atoms with E-state index in [2.05, 4.69) is 0 Å². The van der Waals surface area contributed by atoms with Crippen LogP contribution in [-0.2, 0) is 9.59 Å². The molecule has 0 aromatic heterocycles. The quantitative estimate of drug-likeness (QED) is 0.354. The van der Waals surface area contributed by atoms with Gasteiger partial charge in [-0.25, -0.2) is 0 Å². The Morgan fingerprint density at radius 1 is 0.875 bits per heavy atom. The van der Waals surface area contributed by atoms with Gasteiger partial charge in [-0.15, -0.1) is 0 Å². The Labute approximate surface area is 46.1 Å². The van der Waals surface area contributed by atoms with Crippen LogP contribution in [0.25, 0.3) is 10.8 Å². The number of hydrogen-bond donors (Lipinski definition) is 2. The lowest BCUT2D eigenvalue weighted by Crippen LogP contribution is -1.13. The minimum atomic E-state index is 0. The number of nitrogens with zero attached hydrogens (tertiary/aromatic N) is 2. The lowest BCUT2D eigenvalue weighted by molar-refractivity contribution is 0.568. The summed E-state index contributed by atoms with van der Waals surface area (Å²) in [5.74, 6) is 0. The Morgan fingerprint density at radius 2 is 0.875 bits per heavy atom. The lowest BCUT2D eigenvalue weighted by Gasteiger charge is -1.32. The van der Waals surface area contributed by atoms with Gasteiger partial charge in [-0.1, -0.05) is 0 Å². The van der Waals surface area contributed by atoms with E-state index in [9.17, 15) is 0 Å². The third kappa shape index (κ3) is 36.4. The van der Waals surface area contributed by atoms with Crippen molar-refractivity contribution in [2.75, 3.05) is 0 Å². The van der Waals surface area contributed by atoms with E-state index < -0.39 is 0 Å². The molecular formula is C2H8N4O2. The third-order valence-corrected chi connectivity index (χ3v) is 0. The Morgan fingerprint density at radius 3 is 0.875 bits per heavy atom. The van der Waals surface area contributed by atoms with Crippen LogP contribution in [0.3, 0.4) is 0 Å². The van der Waals surface area contributed by atoms with E-state index in [0.29, 0.717) is 12.2 Å². The van der Waals surface area contributed by atoms with Crippen molar-refractivity contribution >= 4 is 12.2 Å². The molecule has 48 valence electrons. The van der Waals surface area contributed by atoms with Crippen molar-refractivity contribution in [3.63, 3.8) is 0 Å². The zero-order chi connectivity index (χ0) is 5.41. The van der Waals surface area contributed by atoms with Crippen LogP contribution in [-0.4, -0.2) is 12.2 Å². The van der Waals surface area contributed by atoms with Gasteiger partial charge in [-0.3, -0.25) is 9.59 Å². The van der Waals surface area contributed by atoms with Crippen molar-refractivity contribution in [1.29, 1.82) is 0 Å². The van der Waals surface area contributed by atoms with Gasteiger partial charge in [0.1, 0.15) is 0 Å². The molecule has 0 bridgehead atoms. The van der Waals surface area contributed by atoms with Crippen LogP contribution < -0.4 is 12.3 Å². The average Bonchev–Trinajstić information content (AvgIpc) is 1.39. The second-order valence-electron chi connectivity index (χ2n) is 0.183. The van der Waals surface area contributed by atoms with Crippen molar-refractivity contribution in [2.24, 2.45) is 0 Å². The van der Waals surface area contributed by atoms with Gasteiger partial charge in [0, 0.05) is 0 Å². The number of quaternary nitrogens is 2. The molecule has 0 spiro atoms. The molecule has 6 heteroatoms. The molecule has 0 radical (unpaired) electrons. The average molecular weight is 120 g/mol. The molecule has 0 aliphatic heterocycles. The molecule has 8 N–H and O–H groups in total. The highest BCUT2D eigenvalue weighted by Crippen LogP contribution is 0.952. The summed E-state index contributed by atoms with van der Waals surface area (Å²) in [4.78, 5) is 16.5. The zero-order valence-electron chi connectivity index (χ0n) is 4.71. The smallest absolute Gasteiger partial charge is 0.0159 e. The first-order valence-electron chi connectivity index (χ1n) is 0.855. The highest BCUT2D eigenvalue weighted by Gasteiger charge is 0.793. The summed E-state index contributed by atoms with van der Waals surface area (Å²) in [5.41, 5.74) is 0. The first-order chi connectivity index (χ1) is 2.83. The van der Waals surface area contributed by atoms with E-state index in [1.54, 1.807) is 0 Å². The normalized spacial score (nSPS) is 2.00. The van der Waals surface area contributed by atoms with E-state index >= 15 is 0 Å². The third-order valence-electron chi connectivity index (χ3n) is 0. The van der Waals surface area contributed by atoms with Crippen LogP contribution in [0.2, 0.25) is 0 Å². The molecular weight excluding hydrogens is 112 g/mol. The van der Waals surface area contributed by atoms with Gasteiger partial charge >= 0.3 is 0 Å². The molecule has 0 atom stereocenters. The molecule has 0 rings (SSSR count). The summed E-state index contributed by atoms with van der Waals surface area (Å²) in [6.07, 6.45) is 1.00. The van der Waals surface area contributed by atoms with E-state index in [-0.39, 0.29) is 12.3 Å². The van der Waals surface area contributed by atoms with Crippen LogP contribution in [0.1, 0.15) is 0 Å².